The van der Waals surface area contributed by atoms with Crippen LogP contribution in [-0.4, -0.2) is 15.9 Å². The second kappa shape index (κ2) is 7.46. The van der Waals surface area contributed by atoms with Crippen LogP contribution in [0.4, 0.5) is 5.69 Å². The second-order valence-corrected chi connectivity index (χ2v) is 5.28. The summed E-state index contributed by atoms with van der Waals surface area (Å²) < 4.78 is 0. The van der Waals surface area contributed by atoms with Gasteiger partial charge in [-0.2, -0.15) is 0 Å². The first-order chi connectivity index (χ1) is 11.0. The van der Waals surface area contributed by atoms with Gasteiger partial charge in [0.1, 0.15) is 0 Å². The number of nitrogens with one attached hydrogen (secondary N) is 2. The summed E-state index contributed by atoms with van der Waals surface area (Å²) in [7, 11) is 0. The number of nitro groups is 1. The molecule has 118 valence electrons. The van der Waals surface area contributed by atoms with E-state index in [0.717, 1.165) is 5.56 Å². The predicted octanol–water partition coefficient (Wildman–Crippen LogP) is 2.96. The molecule has 0 heterocycles. The van der Waals surface area contributed by atoms with Crippen molar-refractivity contribution >= 4 is 28.9 Å². The van der Waals surface area contributed by atoms with E-state index < -0.39 is 10.8 Å². The zero-order valence-corrected chi connectivity index (χ0v) is 13.2. The molecule has 0 saturated heterocycles. The third-order valence-electron chi connectivity index (χ3n) is 3.19. The van der Waals surface area contributed by atoms with E-state index in [0.29, 0.717) is 0 Å². The van der Waals surface area contributed by atoms with Gasteiger partial charge in [-0.15, -0.1) is 0 Å². The van der Waals surface area contributed by atoms with Gasteiger partial charge in [0.25, 0.3) is 11.6 Å². The molecular weight excluding hydrogens is 314 g/mol. The van der Waals surface area contributed by atoms with Crippen LogP contribution in [0.1, 0.15) is 28.9 Å². The van der Waals surface area contributed by atoms with Crippen molar-refractivity contribution < 1.29 is 9.72 Å². The summed E-state index contributed by atoms with van der Waals surface area (Å²) in [5, 5.41) is 16.4. The Kier molecular flexibility index (Phi) is 5.37. The van der Waals surface area contributed by atoms with E-state index in [4.69, 9.17) is 12.2 Å². The van der Waals surface area contributed by atoms with Gasteiger partial charge >= 0.3 is 0 Å². The van der Waals surface area contributed by atoms with Gasteiger partial charge in [0.2, 0.25) is 0 Å². The second-order valence-electron chi connectivity index (χ2n) is 4.87. The Labute approximate surface area is 138 Å². The van der Waals surface area contributed by atoms with Crippen molar-refractivity contribution in [1.82, 2.24) is 10.6 Å². The fourth-order valence-electron chi connectivity index (χ4n) is 1.99. The van der Waals surface area contributed by atoms with Gasteiger partial charge in [0, 0.05) is 17.7 Å². The maximum absolute atomic E-state index is 12.1. The lowest BCUT2D eigenvalue weighted by molar-refractivity contribution is -0.384. The van der Waals surface area contributed by atoms with Gasteiger partial charge in [-0.05, 0) is 30.8 Å². The van der Waals surface area contributed by atoms with Crippen molar-refractivity contribution in [2.45, 2.75) is 13.0 Å². The number of hydrogen-bond acceptors (Lipinski definition) is 4. The summed E-state index contributed by atoms with van der Waals surface area (Å²) >= 11 is 5.11. The molecule has 0 radical (unpaired) electrons. The van der Waals surface area contributed by atoms with Crippen LogP contribution >= 0.6 is 12.2 Å². The molecule has 6 nitrogen and oxygen atoms in total. The molecule has 0 aliphatic heterocycles. The topological polar surface area (TPSA) is 84.3 Å². The van der Waals surface area contributed by atoms with Crippen LogP contribution in [0, 0.1) is 10.1 Å². The maximum Gasteiger partial charge on any atom is 0.270 e. The monoisotopic (exact) mass is 329 g/mol. The first-order valence-electron chi connectivity index (χ1n) is 6.88. The van der Waals surface area contributed by atoms with Crippen LogP contribution in [0.3, 0.4) is 0 Å². The van der Waals surface area contributed by atoms with Gasteiger partial charge < -0.3 is 5.32 Å². The quantitative estimate of drug-likeness (QED) is 0.512. The van der Waals surface area contributed by atoms with Crippen LogP contribution < -0.4 is 10.6 Å². The van der Waals surface area contributed by atoms with E-state index in [9.17, 15) is 14.9 Å². The van der Waals surface area contributed by atoms with Crippen molar-refractivity contribution in [1.29, 1.82) is 0 Å². The van der Waals surface area contributed by atoms with E-state index in [1.54, 1.807) is 0 Å². The molecular formula is C16H15N3O3S. The number of amides is 1. The molecule has 2 rings (SSSR count). The minimum Gasteiger partial charge on any atom is -0.356 e. The number of nitro benzene ring substituents is 1. The summed E-state index contributed by atoms with van der Waals surface area (Å²) in [6.45, 7) is 1.92. The van der Waals surface area contributed by atoms with Crippen molar-refractivity contribution in [2.24, 2.45) is 0 Å². The smallest absolute Gasteiger partial charge is 0.270 e. The van der Waals surface area contributed by atoms with Crippen LogP contribution in [0.2, 0.25) is 0 Å². The summed E-state index contributed by atoms with van der Waals surface area (Å²) in [4.78, 5) is 22.3. The highest BCUT2D eigenvalue weighted by Gasteiger charge is 2.13. The number of nitrogens with zero attached hydrogens (tertiary/aromatic N) is 1. The van der Waals surface area contributed by atoms with Crippen LogP contribution in [0.5, 0.6) is 0 Å². The molecule has 7 heteroatoms. The minimum atomic E-state index is -0.551. The standard InChI is InChI=1S/C16H15N3O3S/c1-11(12-6-3-2-4-7-12)17-16(23)18-15(20)13-8-5-9-14(10-13)19(21)22/h2-11H,1H3,(H2,17,18,20,23). The van der Waals surface area contributed by atoms with E-state index in [1.165, 1.54) is 24.3 Å². The first-order valence-corrected chi connectivity index (χ1v) is 7.29. The van der Waals surface area contributed by atoms with Gasteiger partial charge in [0.15, 0.2) is 5.11 Å². The van der Waals surface area contributed by atoms with Crippen LogP contribution in [0.25, 0.3) is 0 Å². The lowest BCUT2D eigenvalue weighted by atomic mass is 10.1. The maximum atomic E-state index is 12.1. The fourth-order valence-corrected chi connectivity index (χ4v) is 2.26. The molecule has 0 aliphatic carbocycles. The Balaban J connectivity index is 1.98. The van der Waals surface area contributed by atoms with Gasteiger partial charge in [-0.25, -0.2) is 0 Å². The normalized spacial score (nSPS) is 11.3. The molecule has 0 aromatic heterocycles. The van der Waals surface area contributed by atoms with Crippen molar-refractivity contribution in [2.75, 3.05) is 0 Å². The fraction of sp³-hybridized carbons (Fsp3) is 0.125. The van der Waals surface area contributed by atoms with Gasteiger partial charge in [-0.3, -0.25) is 20.2 Å². The van der Waals surface area contributed by atoms with Gasteiger partial charge in [0.05, 0.1) is 11.0 Å². The summed E-state index contributed by atoms with van der Waals surface area (Å²) in [6, 6.07) is 15.0. The molecule has 1 amide bonds. The average Bonchev–Trinajstić information content (AvgIpc) is 2.55. The number of rotatable bonds is 4. The highest BCUT2D eigenvalue weighted by atomic mass is 32.1. The van der Waals surface area contributed by atoms with Gasteiger partial charge in [-0.1, -0.05) is 36.4 Å². The highest BCUT2D eigenvalue weighted by Crippen LogP contribution is 2.13. The average molecular weight is 329 g/mol. The molecule has 2 N–H and O–H groups in total. The van der Waals surface area contributed by atoms with E-state index in [1.807, 2.05) is 37.3 Å². The van der Waals surface area contributed by atoms with Crippen molar-refractivity contribution in [3.63, 3.8) is 0 Å². The Bertz CT molecular complexity index is 734. The molecule has 0 bridgehead atoms. The van der Waals surface area contributed by atoms with E-state index in [-0.39, 0.29) is 22.4 Å². The third kappa shape index (κ3) is 4.58. The number of benzene rings is 2. The minimum absolute atomic E-state index is 0.0749. The highest BCUT2D eigenvalue weighted by molar-refractivity contribution is 7.80. The Morgan fingerprint density at radius 2 is 1.87 bits per heavy atom. The first kappa shape index (κ1) is 16.6. The SMILES string of the molecule is CC(NC(=S)NC(=O)c1cccc([N+](=O)[O-])c1)c1ccccc1. The molecule has 23 heavy (non-hydrogen) atoms. The number of thiocarbonyl (C=S) groups is 1. The summed E-state index contributed by atoms with van der Waals surface area (Å²) in [5.41, 5.74) is 1.06. The molecule has 2 aromatic rings. The van der Waals surface area contributed by atoms with Crippen molar-refractivity contribution in [3.05, 3.63) is 75.8 Å². The molecule has 1 unspecified atom stereocenters. The molecule has 2 aromatic carbocycles. The van der Waals surface area contributed by atoms with E-state index >= 15 is 0 Å². The largest absolute Gasteiger partial charge is 0.356 e. The van der Waals surface area contributed by atoms with Crippen LogP contribution in [-0.2, 0) is 0 Å². The lowest BCUT2D eigenvalue weighted by Gasteiger charge is -2.16. The number of carbonyl (C=O) groups excluding carboxylic acids is 1. The summed E-state index contributed by atoms with van der Waals surface area (Å²) in [5.74, 6) is -0.494. The zero-order chi connectivity index (χ0) is 16.8. The lowest BCUT2D eigenvalue weighted by Crippen LogP contribution is -2.40. The Hall–Kier alpha value is -2.80. The van der Waals surface area contributed by atoms with E-state index in [2.05, 4.69) is 10.6 Å². The van der Waals surface area contributed by atoms with Crippen LogP contribution in [0.15, 0.2) is 54.6 Å². The predicted molar refractivity (Wildman–Crippen MR) is 91.2 cm³/mol. The molecule has 0 spiro atoms. The van der Waals surface area contributed by atoms with Crippen molar-refractivity contribution in [3.8, 4) is 0 Å². The molecule has 0 saturated carbocycles. The third-order valence-corrected chi connectivity index (χ3v) is 3.41. The molecule has 1 atom stereocenters. The zero-order valence-electron chi connectivity index (χ0n) is 12.4. The Morgan fingerprint density at radius 3 is 2.52 bits per heavy atom. The number of hydrogen-bond donors (Lipinski definition) is 2. The summed E-state index contributed by atoms with van der Waals surface area (Å²) in [6.07, 6.45) is 0. The number of carbonyl (C=O) groups is 1. The molecule has 0 aliphatic rings. The number of non-ortho nitro benzene ring substituents is 1. The Morgan fingerprint density at radius 1 is 1.17 bits per heavy atom. The molecule has 0 fully saturated rings.